The van der Waals surface area contributed by atoms with E-state index in [1.54, 1.807) is 6.07 Å². The van der Waals surface area contributed by atoms with Crippen molar-refractivity contribution in [1.82, 2.24) is 9.55 Å². The molecule has 0 spiro atoms. The average Bonchev–Trinajstić information content (AvgIpc) is 3.21. The summed E-state index contributed by atoms with van der Waals surface area (Å²) < 4.78 is 12.2. The lowest BCUT2D eigenvalue weighted by molar-refractivity contribution is -0.384. The Morgan fingerprint density at radius 1 is 1.39 bits per heavy atom. The first-order valence-electron chi connectivity index (χ1n) is 7.97. The molecular weight excluding hydrogens is 388 g/mol. The molecule has 0 aliphatic carbocycles. The third-order valence-corrected chi connectivity index (χ3v) is 4.95. The van der Waals surface area contributed by atoms with Crippen molar-refractivity contribution < 1.29 is 18.9 Å². The Balaban J connectivity index is 1.59. The van der Waals surface area contributed by atoms with Gasteiger partial charge in [-0.15, -0.1) is 0 Å². The number of para-hydroxylation sites is 1. The van der Waals surface area contributed by atoms with E-state index in [1.807, 2.05) is 12.1 Å². The second kappa shape index (κ2) is 6.78. The number of fused-ring (bicyclic) bond motifs is 2. The number of nitro benzene ring substituents is 1. The fourth-order valence-electron chi connectivity index (χ4n) is 2.76. The molecule has 0 atom stereocenters. The highest BCUT2D eigenvalue weighted by Gasteiger charge is 2.17. The summed E-state index contributed by atoms with van der Waals surface area (Å²) in [4.78, 5) is 39.0. The number of hydrogen-bond acceptors (Lipinski definition) is 8. The van der Waals surface area contributed by atoms with Crippen molar-refractivity contribution in [3.63, 3.8) is 0 Å². The quantitative estimate of drug-likeness (QED) is 0.403. The highest BCUT2D eigenvalue weighted by atomic mass is 32.1. The Labute approximate surface area is 160 Å². The molecule has 0 unspecified atom stereocenters. The molecule has 0 saturated heterocycles. The fourth-order valence-corrected chi connectivity index (χ4v) is 3.66. The van der Waals surface area contributed by atoms with Crippen LogP contribution in [-0.2, 0) is 11.3 Å². The lowest BCUT2D eigenvalue weighted by Crippen LogP contribution is -2.24. The number of carbonyl (C=O) groups is 1. The molecule has 11 heteroatoms. The van der Waals surface area contributed by atoms with E-state index in [0.29, 0.717) is 16.4 Å². The lowest BCUT2D eigenvalue weighted by atomic mass is 10.3. The largest absolute Gasteiger partial charge is 0.494 e. The van der Waals surface area contributed by atoms with E-state index in [0.717, 1.165) is 15.3 Å². The second-order valence-corrected chi connectivity index (χ2v) is 6.77. The third-order valence-electron chi connectivity index (χ3n) is 4.01. The van der Waals surface area contributed by atoms with Gasteiger partial charge in [0.1, 0.15) is 17.8 Å². The minimum Gasteiger partial charge on any atom is -0.494 e. The molecule has 0 aliphatic heterocycles. The van der Waals surface area contributed by atoms with Crippen molar-refractivity contribution in [3.05, 3.63) is 57.1 Å². The SMILES string of the molecule is COc1cccc2sc(NC(=O)Cn3c(=O)oc4cc([N+](=O)[O-])ccc43)nc12. The third kappa shape index (κ3) is 3.07. The molecule has 1 N–H and O–H groups in total. The smallest absolute Gasteiger partial charge is 0.420 e. The van der Waals surface area contributed by atoms with Crippen molar-refractivity contribution in [3.8, 4) is 5.75 Å². The summed E-state index contributed by atoms with van der Waals surface area (Å²) in [5, 5.41) is 13.8. The van der Waals surface area contributed by atoms with Gasteiger partial charge < -0.3 is 14.5 Å². The monoisotopic (exact) mass is 400 g/mol. The second-order valence-electron chi connectivity index (χ2n) is 5.74. The number of benzene rings is 2. The maximum absolute atomic E-state index is 12.4. The molecule has 0 saturated carbocycles. The summed E-state index contributed by atoms with van der Waals surface area (Å²) in [5.41, 5.74) is 0.748. The minimum absolute atomic E-state index is 0.0386. The number of oxazole rings is 1. The maximum Gasteiger partial charge on any atom is 0.420 e. The highest BCUT2D eigenvalue weighted by molar-refractivity contribution is 7.22. The molecule has 0 fully saturated rings. The normalized spacial score (nSPS) is 11.0. The van der Waals surface area contributed by atoms with Gasteiger partial charge in [0.15, 0.2) is 10.7 Å². The fraction of sp³-hybridized carbons (Fsp3) is 0.118. The van der Waals surface area contributed by atoms with E-state index < -0.39 is 16.6 Å². The van der Waals surface area contributed by atoms with Crippen molar-refractivity contribution in [2.75, 3.05) is 12.4 Å². The van der Waals surface area contributed by atoms with Gasteiger partial charge >= 0.3 is 5.76 Å². The first-order valence-corrected chi connectivity index (χ1v) is 8.79. The van der Waals surface area contributed by atoms with Crippen LogP contribution in [0, 0.1) is 10.1 Å². The number of rotatable bonds is 5. The molecule has 4 aromatic rings. The van der Waals surface area contributed by atoms with Gasteiger partial charge in [-0.25, -0.2) is 9.78 Å². The number of ether oxygens (including phenoxy) is 1. The molecule has 4 rings (SSSR count). The summed E-state index contributed by atoms with van der Waals surface area (Å²) >= 11 is 1.27. The number of nitrogens with one attached hydrogen (secondary N) is 1. The number of thiazole rings is 1. The number of anilines is 1. The zero-order chi connectivity index (χ0) is 19.8. The topological polar surface area (TPSA) is 130 Å². The maximum atomic E-state index is 12.4. The predicted molar refractivity (Wildman–Crippen MR) is 102 cm³/mol. The van der Waals surface area contributed by atoms with Crippen LogP contribution in [0.2, 0.25) is 0 Å². The van der Waals surface area contributed by atoms with Crippen LogP contribution in [0.15, 0.2) is 45.6 Å². The summed E-state index contributed by atoms with van der Waals surface area (Å²) in [6, 6.07) is 9.20. The molecule has 0 bridgehead atoms. The van der Waals surface area contributed by atoms with E-state index >= 15 is 0 Å². The molecule has 28 heavy (non-hydrogen) atoms. The van der Waals surface area contributed by atoms with Crippen molar-refractivity contribution in [2.24, 2.45) is 0 Å². The highest BCUT2D eigenvalue weighted by Crippen LogP contribution is 2.32. The van der Waals surface area contributed by atoms with Crippen molar-refractivity contribution in [1.29, 1.82) is 0 Å². The van der Waals surface area contributed by atoms with Gasteiger partial charge in [-0.3, -0.25) is 19.5 Å². The van der Waals surface area contributed by atoms with Crippen LogP contribution in [0.4, 0.5) is 10.8 Å². The Bertz CT molecular complexity index is 1290. The summed E-state index contributed by atoms with van der Waals surface area (Å²) in [7, 11) is 1.53. The Kier molecular flexibility index (Phi) is 4.28. The number of amides is 1. The van der Waals surface area contributed by atoms with Crippen molar-refractivity contribution >= 4 is 49.4 Å². The van der Waals surface area contributed by atoms with Crippen LogP contribution >= 0.6 is 11.3 Å². The van der Waals surface area contributed by atoms with Crippen LogP contribution in [0.5, 0.6) is 5.75 Å². The first kappa shape index (κ1) is 17.7. The van der Waals surface area contributed by atoms with Gasteiger partial charge in [-0.1, -0.05) is 17.4 Å². The van der Waals surface area contributed by atoms with E-state index in [1.165, 1.54) is 30.6 Å². The van der Waals surface area contributed by atoms with Gasteiger partial charge in [-0.2, -0.15) is 0 Å². The molecule has 1 amide bonds. The standard InChI is InChI=1S/C17H12N4O6S/c1-26-11-3-2-4-13-15(11)19-16(28-13)18-14(22)8-20-10-6-5-9(21(24)25)7-12(10)27-17(20)23/h2-7H,8H2,1H3,(H,18,19,22). The Morgan fingerprint density at radius 2 is 2.21 bits per heavy atom. The zero-order valence-electron chi connectivity index (χ0n) is 14.4. The average molecular weight is 400 g/mol. The van der Waals surface area contributed by atoms with Gasteiger partial charge in [0.05, 0.1) is 28.3 Å². The lowest BCUT2D eigenvalue weighted by Gasteiger charge is -2.02. The van der Waals surface area contributed by atoms with E-state index in [4.69, 9.17) is 9.15 Å². The van der Waals surface area contributed by atoms with Crippen LogP contribution in [0.3, 0.4) is 0 Å². The molecule has 2 heterocycles. The van der Waals surface area contributed by atoms with E-state index in [-0.39, 0.29) is 23.3 Å². The number of carbonyl (C=O) groups excluding carboxylic acids is 1. The number of hydrogen-bond donors (Lipinski definition) is 1. The molecule has 10 nitrogen and oxygen atoms in total. The van der Waals surface area contributed by atoms with E-state index in [9.17, 15) is 19.7 Å². The Morgan fingerprint density at radius 3 is 2.96 bits per heavy atom. The number of non-ortho nitro benzene ring substituents is 1. The van der Waals surface area contributed by atoms with Crippen molar-refractivity contribution in [2.45, 2.75) is 6.54 Å². The van der Waals surface area contributed by atoms with Gasteiger partial charge in [0.2, 0.25) is 5.91 Å². The minimum atomic E-state index is -0.781. The molecule has 2 aromatic carbocycles. The molecule has 2 aromatic heterocycles. The predicted octanol–water partition coefficient (Wildman–Crippen LogP) is 2.76. The van der Waals surface area contributed by atoms with E-state index in [2.05, 4.69) is 10.3 Å². The summed E-state index contributed by atoms with van der Waals surface area (Å²) in [5.74, 6) is -0.675. The number of methoxy groups -OCH3 is 1. The van der Waals surface area contributed by atoms with Gasteiger partial charge in [0, 0.05) is 6.07 Å². The summed E-state index contributed by atoms with van der Waals surface area (Å²) in [6.07, 6.45) is 0. The first-order chi connectivity index (χ1) is 13.5. The molecule has 0 radical (unpaired) electrons. The number of aromatic nitrogens is 2. The number of nitrogens with zero attached hydrogens (tertiary/aromatic N) is 3. The molecule has 0 aliphatic rings. The Hall–Kier alpha value is -3.73. The zero-order valence-corrected chi connectivity index (χ0v) is 15.2. The number of nitro groups is 1. The van der Waals surface area contributed by atoms with Crippen LogP contribution in [0.1, 0.15) is 0 Å². The van der Waals surface area contributed by atoms with Crippen LogP contribution in [0.25, 0.3) is 21.3 Å². The van der Waals surface area contributed by atoms with Gasteiger partial charge in [-0.05, 0) is 18.2 Å². The van der Waals surface area contributed by atoms with Crippen LogP contribution < -0.4 is 15.8 Å². The summed E-state index contributed by atoms with van der Waals surface area (Å²) in [6.45, 7) is -0.323. The van der Waals surface area contributed by atoms with Gasteiger partial charge in [0.25, 0.3) is 5.69 Å². The molecular formula is C17H12N4O6S. The molecule has 142 valence electrons. The van der Waals surface area contributed by atoms with Crippen LogP contribution in [-0.4, -0.2) is 27.5 Å².